The number of thiophene rings is 1. The molecule has 23 heavy (non-hydrogen) atoms. The lowest BCUT2D eigenvalue weighted by molar-refractivity contribution is 0.0738. The Labute approximate surface area is 142 Å². The highest BCUT2D eigenvalue weighted by Crippen LogP contribution is 2.34. The van der Waals surface area contributed by atoms with E-state index in [-0.39, 0.29) is 11.9 Å². The van der Waals surface area contributed by atoms with E-state index in [9.17, 15) is 4.79 Å². The van der Waals surface area contributed by atoms with Crippen molar-refractivity contribution < 1.29 is 4.79 Å². The summed E-state index contributed by atoms with van der Waals surface area (Å²) in [5.41, 5.74) is 2.35. The normalized spacial score (nSPS) is 17.7. The summed E-state index contributed by atoms with van der Waals surface area (Å²) in [4.78, 5) is 21.8. The van der Waals surface area contributed by atoms with Gasteiger partial charge in [0.2, 0.25) is 0 Å². The number of rotatable bonds is 5. The Morgan fingerprint density at radius 2 is 2.26 bits per heavy atom. The van der Waals surface area contributed by atoms with Crippen molar-refractivity contribution in [2.45, 2.75) is 52.0 Å². The largest absolute Gasteiger partial charge is 0.329 e. The second kappa shape index (κ2) is 7.26. The van der Waals surface area contributed by atoms with E-state index in [1.807, 2.05) is 29.3 Å². The van der Waals surface area contributed by atoms with Gasteiger partial charge in [0.25, 0.3) is 5.91 Å². The van der Waals surface area contributed by atoms with Crippen molar-refractivity contribution in [2.24, 2.45) is 0 Å². The van der Waals surface area contributed by atoms with Gasteiger partial charge in [0, 0.05) is 17.6 Å². The number of aryl methyl sites for hydroxylation is 2. The fraction of sp³-hybridized carbons (Fsp3) is 0.474. The molecule has 1 aliphatic rings. The Hall–Kier alpha value is -1.68. The SMILES string of the molecule is CCCc1sc(C(=O)N2CCCC2c2ccccn2)cc1CC. The van der Waals surface area contributed by atoms with Gasteiger partial charge in [0.05, 0.1) is 16.6 Å². The van der Waals surface area contributed by atoms with E-state index < -0.39 is 0 Å². The molecule has 0 aromatic carbocycles. The van der Waals surface area contributed by atoms with Crippen LogP contribution in [-0.4, -0.2) is 22.3 Å². The summed E-state index contributed by atoms with van der Waals surface area (Å²) >= 11 is 1.69. The first kappa shape index (κ1) is 16.2. The fourth-order valence-corrected chi connectivity index (χ4v) is 4.65. The third-order valence-electron chi connectivity index (χ3n) is 4.51. The van der Waals surface area contributed by atoms with Gasteiger partial charge in [-0.3, -0.25) is 9.78 Å². The van der Waals surface area contributed by atoms with E-state index >= 15 is 0 Å². The van der Waals surface area contributed by atoms with Crippen molar-refractivity contribution in [1.82, 2.24) is 9.88 Å². The van der Waals surface area contributed by atoms with Gasteiger partial charge in [-0.1, -0.05) is 26.3 Å². The zero-order chi connectivity index (χ0) is 16.2. The van der Waals surface area contributed by atoms with Crippen molar-refractivity contribution >= 4 is 17.2 Å². The number of carbonyl (C=O) groups is 1. The third-order valence-corrected chi connectivity index (χ3v) is 5.73. The first-order valence-electron chi connectivity index (χ1n) is 8.58. The van der Waals surface area contributed by atoms with Gasteiger partial charge < -0.3 is 4.90 Å². The predicted molar refractivity (Wildman–Crippen MR) is 94.9 cm³/mol. The van der Waals surface area contributed by atoms with Crippen LogP contribution in [0, 0.1) is 0 Å². The van der Waals surface area contributed by atoms with E-state index in [1.54, 1.807) is 11.3 Å². The lowest BCUT2D eigenvalue weighted by Crippen LogP contribution is -2.30. The molecule has 3 rings (SSSR count). The number of hydrogen-bond acceptors (Lipinski definition) is 3. The quantitative estimate of drug-likeness (QED) is 0.801. The monoisotopic (exact) mass is 328 g/mol. The maximum Gasteiger partial charge on any atom is 0.264 e. The first-order valence-corrected chi connectivity index (χ1v) is 9.39. The fourth-order valence-electron chi connectivity index (χ4n) is 3.34. The zero-order valence-electron chi connectivity index (χ0n) is 13.9. The minimum atomic E-state index is 0.130. The van der Waals surface area contributed by atoms with E-state index in [1.165, 1.54) is 10.4 Å². The second-order valence-electron chi connectivity index (χ2n) is 6.07. The Balaban J connectivity index is 1.84. The molecule has 1 saturated heterocycles. The average molecular weight is 328 g/mol. The summed E-state index contributed by atoms with van der Waals surface area (Å²) in [6.07, 6.45) is 7.09. The van der Waals surface area contributed by atoms with Crippen LogP contribution in [0.25, 0.3) is 0 Å². The van der Waals surface area contributed by atoms with Gasteiger partial charge in [0.1, 0.15) is 0 Å². The molecule has 0 aliphatic carbocycles. The standard InChI is InChI=1S/C19H24N2OS/c1-3-8-17-14(4-2)13-18(23-17)19(22)21-12-7-10-16(21)15-9-5-6-11-20-15/h5-6,9,11,13,16H,3-4,7-8,10,12H2,1-2H3. The zero-order valence-corrected chi connectivity index (χ0v) is 14.7. The van der Waals surface area contributed by atoms with Gasteiger partial charge in [-0.15, -0.1) is 11.3 Å². The summed E-state index contributed by atoms with van der Waals surface area (Å²) < 4.78 is 0. The lowest BCUT2D eigenvalue weighted by Gasteiger charge is -2.23. The highest BCUT2D eigenvalue weighted by atomic mass is 32.1. The number of aromatic nitrogens is 1. The number of nitrogens with zero attached hydrogens (tertiary/aromatic N) is 2. The van der Waals surface area contributed by atoms with Crippen LogP contribution in [0.4, 0.5) is 0 Å². The molecule has 2 aromatic rings. The van der Waals surface area contributed by atoms with Crippen LogP contribution in [0.2, 0.25) is 0 Å². The second-order valence-corrected chi connectivity index (χ2v) is 7.21. The van der Waals surface area contributed by atoms with E-state index in [4.69, 9.17) is 0 Å². The predicted octanol–water partition coefficient (Wildman–Crippen LogP) is 4.64. The summed E-state index contributed by atoms with van der Waals surface area (Å²) in [5, 5.41) is 0. The average Bonchev–Trinajstić information content (AvgIpc) is 3.22. The van der Waals surface area contributed by atoms with Crippen LogP contribution in [0.5, 0.6) is 0 Å². The molecule has 0 saturated carbocycles. The minimum absolute atomic E-state index is 0.130. The highest BCUT2D eigenvalue weighted by Gasteiger charge is 2.32. The molecule has 0 radical (unpaired) electrons. The van der Waals surface area contributed by atoms with Crippen LogP contribution in [0.15, 0.2) is 30.5 Å². The molecular formula is C19H24N2OS. The van der Waals surface area contributed by atoms with Crippen molar-refractivity contribution in [3.8, 4) is 0 Å². The molecule has 1 aliphatic heterocycles. The summed E-state index contributed by atoms with van der Waals surface area (Å²) in [5.74, 6) is 0.181. The maximum absolute atomic E-state index is 13.0. The molecule has 2 aromatic heterocycles. The smallest absolute Gasteiger partial charge is 0.264 e. The molecule has 4 heteroatoms. The number of amides is 1. The Kier molecular flexibility index (Phi) is 5.11. The number of pyridine rings is 1. The maximum atomic E-state index is 13.0. The van der Waals surface area contributed by atoms with Crippen LogP contribution < -0.4 is 0 Å². The van der Waals surface area contributed by atoms with E-state index in [0.717, 1.165) is 49.2 Å². The van der Waals surface area contributed by atoms with Gasteiger partial charge in [-0.25, -0.2) is 0 Å². The first-order chi connectivity index (χ1) is 11.2. The van der Waals surface area contributed by atoms with Crippen molar-refractivity contribution in [3.63, 3.8) is 0 Å². The topological polar surface area (TPSA) is 33.2 Å². The molecule has 3 nitrogen and oxygen atoms in total. The molecule has 1 atom stereocenters. The minimum Gasteiger partial charge on any atom is -0.329 e. The van der Waals surface area contributed by atoms with Gasteiger partial charge in [0.15, 0.2) is 0 Å². The molecule has 3 heterocycles. The van der Waals surface area contributed by atoms with Crippen molar-refractivity contribution in [1.29, 1.82) is 0 Å². The Morgan fingerprint density at radius 3 is 2.96 bits per heavy atom. The lowest BCUT2D eigenvalue weighted by atomic mass is 10.1. The van der Waals surface area contributed by atoms with Crippen LogP contribution in [0.1, 0.15) is 65.0 Å². The summed E-state index contributed by atoms with van der Waals surface area (Å²) in [6.45, 7) is 5.20. The molecule has 0 spiro atoms. The molecule has 0 bridgehead atoms. The van der Waals surface area contributed by atoms with Crippen LogP contribution in [-0.2, 0) is 12.8 Å². The number of likely N-dealkylation sites (tertiary alicyclic amines) is 1. The third kappa shape index (κ3) is 3.32. The van der Waals surface area contributed by atoms with Crippen LogP contribution in [0.3, 0.4) is 0 Å². The van der Waals surface area contributed by atoms with Crippen molar-refractivity contribution in [3.05, 3.63) is 51.5 Å². The number of carbonyl (C=O) groups excluding carboxylic acids is 1. The van der Waals surface area contributed by atoms with E-state index in [2.05, 4.69) is 24.9 Å². The van der Waals surface area contributed by atoms with Gasteiger partial charge in [-0.2, -0.15) is 0 Å². The Morgan fingerprint density at radius 1 is 1.39 bits per heavy atom. The Bertz CT molecular complexity index is 665. The van der Waals surface area contributed by atoms with Crippen LogP contribution >= 0.6 is 11.3 Å². The molecule has 1 fully saturated rings. The molecule has 1 amide bonds. The summed E-state index contributed by atoms with van der Waals surface area (Å²) in [6, 6.07) is 8.21. The number of hydrogen-bond donors (Lipinski definition) is 0. The van der Waals surface area contributed by atoms with Gasteiger partial charge in [-0.05, 0) is 49.4 Å². The molecule has 122 valence electrons. The summed E-state index contributed by atoms with van der Waals surface area (Å²) in [7, 11) is 0. The van der Waals surface area contributed by atoms with Crippen molar-refractivity contribution in [2.75, 3.05) is 6.54 Å². The van der Waals surface area contributed by atoms with E-state index in [0.29, 0.717) is 0 Å². The highest BCUT2D eigenvalue weighted by molar-refractivity contribution is 7.14. The molecule has 0 N–H and O–H groups in total. The van der Waals surface area contributed by atoms with Gasteiger partial charge >= 0.3 is 0 Å². The molecule has 1 unspecified atom stereocenters. The molecular weight excluding hydrogens is 304 g/mol.